The van der Waals surface area contributed by atoms with Crippen LogP contribution in [0.4, 0.5) is 4.79 Å². The van der Waals surface area contributed by atoms with Crippen molar-refractivity contribution in [3.63, 3.8) is 0 Å². The van der Waals surface area contributed by atoms with E-state index in [2.05, 4.69) is 15.9 Å². The molecule has 23 heavy (non-hydrogen) atoms. The van der Waals surface area contributed by atoms with E-state index in [1.54, 1.807) is 46.2 Å². The highest BCUT2D eigenvalue weighted by atomic mass is 79.9. The highest BCUT2D eigenvalue weighted by Crippen LogP contribution is 2.17. The molecule has 1 fully saturated rings. The van der Waals surface area contributed by atoms with Gasteiger partial charge in [-0.15, -0.1) is 0 Å². The number of hydrogen-bond donors (Lipinski definition) is 0. The number of benzene rings is 1. The number of ether oxygens (including phenoxy) is 1. The van der Waals surface area contributed by atoms with Crippen molar-refractivity contribution in [2.45, 2.75) is 0 Å². The van der Waals surface area contributed by atoms with Gasteiger partial charge in [-0.05, 0) is 40.2 Å². The Morgan fingerprint density at radius 2 is 1.61 bits per heavy atom. The zero-order valence-corrected chi connectivity index (χ0v) is 13.9. The lowest BCUT2D eigenvalue weighted by Crippen LogP contribution is -2.51. The van der Waals surface area contributed by atoms with Crippen LogP contribution in [0.25, 0.3) is 0 Å². The predicted octanol–water partition coefficient (Wildman–Crippen LogP) is 3.00. The van der Waals surface area contributed by atoms with Gasteiger partial charge in [-0.3, -0.25) is 4.79 Å². The summed E-state index contributed by atoms with van der Waals surface area (Å²) in [4.78, 5) is 27.6. The van der Waals surface area contributed by atoms with Gasteiger partial charge < -0.3 is 19.0 Å². The molecule has 2 amide bonds. The van der Waals surface area contributed by atoms with E-state index in [1.807, 2.05) is 6.07 Å². The van der Waals surface area contributed by atoms with Crippen LogP contribution in [0.3, 0.4) is 0 Å². The molecule has 0 radical (unpaired) electrons. The first kappa shape index (κ1) is 15.6. The number of rotatable bonds is 2. The van der Waals surface area contributed by atoms with E-state index < -0.39 is 6.09 Å². The second-order valence-corrected chi connectivity index (χ2v) is 5.85. The first-order chi connectivity index (χ1) is 11.1. The highest BCUT2D eigenvalue weighted by molar-refractivity contribution is 9.10. The molecule has 120 valence electrons. The molecule has 0 spiro atoms. The maximum Gasteiger partial charge on any atom is 0.415 e. The van der Waals surface area contributed by atoms with E-state index in [9.17, 15) is 9.59 Å². The van der Waals surface area contributed by atoms with Crippen LogP contribution in [0.2, 0.25) is 0 Å². The van der Waals surface area contributed by atoms with Gasteiger partial charge in [0.25, 0.3) is 5.91 Å². The van der Waals surface area contributed by atoms with E-state index in [-0.39, 0.29) is 11.7 Å². The average molecular weight is 379 g/mol. The molecule has 0 aliphatic carbocycles. The molecular weight excluding hydrogens is 364 g/mol. The van der Waals surface area contributed by atoms with Crippen molar-refractivity contribution in [1.82, 2.24) is 9.80 Å². The van der Waals surface area contributed by atoms with Gasteiger partial charge in [0.1, 0.15) is 5.75 Å². The Hall–Kier alpha value is -2.28. The summed E-state index contributed by atoms with van der Waals surface area (Å²) >= 11 is 3.18. The third-order valence-corrected chi connectivity index (χ3v) is 3.98. The fourth-order valence-electron chi connectivity index (χ4n) is 2.33. The van der Waals surface area contributed by atoms with Crippen LogP contribution in [-0.4, -0.2) is 48.0 Å². The van der Waals surface area contributed by atoms with Crippen molar-refractivity contribution in [3.05, 3.63) is 52.9 Å². The molecule has 6 nitrogen and oxygen atoms in total. The smallest absolute Gasteiger partial charge is 0.415 e. The second kappa shape index (κ2) is 6.87. The molecule has 0 atom stereocenters. The number of halogens is 1. The topological polar surface area (TPSA) is 63.0 Å². The van der Waals surface area contributed by atoms with Crippen LogP contribution in [-0.2, 0) is 0 Å². The van der Waals surface area contributed by atoms with Crippen LogP contribution in [0.15, 0.2) is 51.6 Å². The maximum absolute atomic E-state index is 12.3. The van der Waals surface area contributed by atoms with Crippen molar-refractivity contribution in [1.29, 1.82) is 0 Å². The van der Waals surface area contributed by atoms with Crippen molar-refractivity contribution in [2.24, 2.45) is 0 Å². The minimum absolute atomic E-state index is 0.174. The first-order valence-electron chi connectivity index (χ1n) is 7.20. The van der Waals surface area contributed by atoms with Crippen LogP contribution in [0.5, 0.6) is 5.75 Å². The minimum atomic E-state index is -0.399. The van der Waals surface area contributed by atoms with Gasteiger partial charge in [0, 0.05) is 26.2 Å². The van der Waals surface area contributed by atoms with E-state index in [0.29, 0.717) is 36.6 Å². The van der Waals surface area contributed by atoms with Crippen molar-refractivity contribution < 1.29 is 18.7 Å². The van der Waals surface area contributed by atoms with Crippen molar-refractivity contribution in [2.75, 3.05) is 26.2 Å². The molecule has 1 aliphatic rings. The van der Waals surface area contributed by atoms with Gasteiger partial charge >= 0.3 is 6.09 Å². The van der Waals surface area contributed by atoms with E-state index in [1.165, 1.54) is 0 Å². The lowest BCUT2D eigenvalue weighted by atomic mass is 10.3. The zero-order chi connectivity index (χ0) is 16.2. The van der Waals surface area contributed by atoms with Crippen LogP contribution in [0, 0.1) is 0 Å². The Kier molecular flexibility index (Phi) is 4.66. The molecule has 0 N–H and O–H groups in total. The summed E-state index contributed by atoms with van der Waals surface area (Å²) in [6, 6.07) is 12.2. The zero-order valence-electron chi connectivity index (χ0n) is 12.3. The number of piperazine rings is 1. The second-order valence-electron chi connectivity index (χ2n) is 5.06. The fraction of sp³-hybridized carbons (Fsp3) is 0.250. The summed E-state index contributed by atoms with van der Waals surface area (Å²) in [5, 5.41) is 0. The van der Waals surface area contributed by atoms with E-state index in [4.69, 9.17) is 9.15 Å². The molecule has 2 heterocycles. The van der Waals surface area contributed by atoms with Gasteiger partial charge in [0.2, 0.25) is 0 Å². The predicted molar refractivity (Wildman–Crippen MR) is 86.4 cm³/mol. The third-order valence-electron chi connectivity index (χ3n) is 3.56. The molecule has 1 saturated heterocycles. The van der Waals surface area contributed by atoms with Gasteiger partial charge in [-0.2, -0.15) is 0 Å². The summed E-state index contributed by atoms with van der Waals surface area (Å²) in [7, 11) is 0. The normalized spacial score (nSPS) is 14.7. The summed E-state index contributed by atoms with van der Waals surface area (Å²) in [6.45, 7) is 1.75. The number of hydrogen-bond acceptors (Lipinski definition) is 4. The van der Waals surface area contributed by atoms with Gasteiger partial charge in [-0.1, -0.05) is 18.2 Å². The SMILES string of the molecule is O=C(Oc1ccccc1)N1CCN(C(=O)c2ccc(Br)o2)CC1. The summed E-state index contributed by atoms with van der Waals surface area (Å²) in [6.07, 6.45) is -0.399. The summed E-state index contributed by atoms with van der Waals surface area (Å²) in [5.41, 5.74) is 0. The molecule has 1 aromatic carbocycles. The number of para-hydroxylation sites is 1. The lowest BCUT2D eigenvalue weighted by molar-refractivity contribution is 0.0603. The van der Waals surface area contributed by atoms with E-state index in [0.717, 1.165) is 0 Å². The van der Waals surface area contributed by atoms with Crippen LogP contribution < -0.4 is 4.74 Å². The first-order valence-corrected chi connectivity index (χ1v) is 7.99. The Morgan fingerprint density at radius 1 is 0.957 bits per heavy atom. The summed E-state index contributed by atoms with van der Waals surface area (Å²) in [5.74, 6) is 0.625. The highest BCUT2D eigenvalue weighted by Gasteiger charge is 2.27. The van der Waals surface area contributed by atoms with Gasteiger partial charge in [-0.25, -0.2) is 4.79 Å². The van der Waals surface area contributed by atoms with Gasteiger partial charge in [0.05, 0.1) is 0 Å². The molecule has 0 bridgehead atoms. The van der Waals surface area contributed by atoms with Gasteiger partial charge in [0.15, 0.2) is 10.4 Å². The Balaban J connectivity index is 1.54. The molecule has 3 rings (SSSR count). The van der Waals surface area contributed by atoms with Crippen molar-refractivity contribution in [3.8, 4) is 5.75 Å². The molecule has 0 unspecified atom stereocenters. The van der Waals surface area contributed by atoms with Crippen molar-refractivity contribution >= 4 is 27.9 Å². The fourth-order valence-corrected chi connectivity index (χ4v) is 2.64. The largest absolute Gasteiger partial charge is 0.444 e. The monoisotopic (exact) mass is 378 g/mol. The van der Waals surface area contributed by atoms with E-state index >= 15 is 0 Å². The molecule has 0 saturated carbocycles. The molecule has 7 heteroatoms. The molecule has 2 aromatic rings. The van der Waals surface area contributed by atoms with Crippen LogP contribution >= 0.6 is 15.9 Å². The average Bonchev–Trinajstić information content (AvgIpc) is 3.02. The number of carbonyl (C=O) groups excluding carboxylic acids is 2. The number of furan rings is 1. The quantitative estimate of drug-likeness (QED) is 0.805. The van der Waals surface area contributed by atoms with Crippen LogP contribution in [0.1, 0.15) is 10.6 Å². The Bertz CT molecular complexity index is 693. The number of nitrogens with zero attached hydrogens (tertiary/aromatic N) is 2. The third kappa shape index (κ3) is 3.73. The maximum atomic E-state index is 12.3. The summed E-state index contributed by atoms with van der Waals surface area (Å²) < 4.78 is 11.1. The number of carbonyl (C=O) groups is 2. The molecular formula is C16H15BrN2O4. The lowest BCUT2D eigenvalue weighted by Gasteiger charge is -2.33. The molecule has 1 aliphatic heterocycles. The standard InChI is InChI=1S/C16H15BrN2O4/c17-14-7-6-13(23-14)15(20)18-8-10-19(11-9-18)16(21)22-12-4-2-1-3-5-12/h1-7H,8-11H2. The minimum Gasteiger partial charge on any atom is -0.444 e. The number of amides is 2. The molecule has 1 aromatic heterocycles. The Morgan fingerprint density at radius 3 is 2.22 bits per heavy atom. The Labute approximate surface area is 141 Å².